The van der Waals surface area contributed by atoms with Crippen molar-refractivity contribution in [1.82, 2.24) is 15.5 Å². The SMILES string of the molecule is CCCN(CCC)C(=O)c1cc(C)cc(C(=O)NC(Cc2cc(F)cc(F)c2)C(O)CNC2CCCc3cc(OC)ccc32)c1. The zero-order chi connectivity index (χ0) is 32.5. The van der Waals surface area contributed by atoms with E-state index in [-0.39, 0.29) is 30.5 Å². The van der Waals surface area contributed by atoms with E-state index < -0.39 is 29.7 Å². The smallest absolute Gasteiger partial charge is 0.253 e. The molecule has 3 aromatic rings. The Labute approximate surface area is 265 Å². The Morgan fingerprint density at radius 1 is 1.00 bits per heavy atom. The summed E-state index contributed by atoms with van der Waals surface area (Å²) in [4.78, 5) is 28.7. The molecule has 9 heteroatoms. The molecule has 0 bridgehead atoms. The quantitative estimate of drug-likeness (QED) is 0.208. The number of carbonyl (C=O) groups is 2. The van der Waals surface area contributed by atoms with Crippen LogP contribution in [0.15, 0.2) is 54.6 Å². The first kappa shape index (κ1) is 34.1. The number of hydrogen-bond acceptors (Lipinski definition) is 5. The van der Waals surface area contributed by atoms with E-state index in [4.69, 9.17) is 4.74 Å². The average molecular weight is 622 g/mol. The predicted octanol–water partition coefficient (Wildman–Crippen LogP) is 5.91. The molecule has 1 aliphatic rings. The number of carbonyl (C=O) groups excluding carboxylic acids is 2. The molecule has 4 rings (SSSR count). The van der Waals surface area contributed by atoms with Gasteiger partial charge in [0, 0.05) is 42.9 Å². The van der Waals surface area contributed by atoms with Crippen LogP contribution in [0.5, 0.6) is 5.75 Å². The molecular formula is C36H45F2N3O4. The minimum absolute atomic E-state index is 0.0000996. The molecule has 0 aliphatic heterocycles. The van der Waals surface area contributed by atoms with Gasteiger partial charge in [0.1, 0.15) is 17.4 Å². The highest BCUT2D eigenvalue weighted by molar-refractivity contribution is 6.00. The molecule has 0 saturated carbocycles. The fraction of sp³-hybridized carbons (Fsp3) is 0.444. The van der Waals surface area contributed by atoms with Crippen molar-refractivity contribution in [2.45, 2.75) is 77.5 Å². The standard InChI is InChI=1S/C36H45F2N3O4/c1-5-12-41(13-6-2)36(44)27-15-23(3)14-26(19-27)35(43)40-33(18-24-16-28(37)21-29(38)17-24)34(42)22-39-32-9-7-8-25-20-30(45-4)10-11-31(25)32/h10-11,14-17,19-21,32-34,39,42H,5-9,12-13,18,22H2,1-4H3,(H,40,43). The third-order valence-electron chi connectivity index (χ3n) is 8.26. The summed E-state index contributed by atoms with van der Waals surface area (Å²) in [6, 6.07) is 13.3. The number of hydrogen-bond donors (Lipinski definition) is 3. The van der Waals surface area contributed by atoms with Crippen molar-refractivity contribution in [3.63, 3.8) is 0 Å². The van der Waals surface area contributed by atoms with Gasteiger partial charge in [-0.05, 0) is 110 Å². The van der Waals surface area contributed by atoms with Crippen molar-refractivity contribution in [3.05, 3.63) is 99.6 Å². The van der Waals surface area contributed by atoms with E-state index in [1.54, 1.807) is 30.2 Å². The van der Waals surface area contributed by atoms with Crippen molar-refractivity contribution >= 4 is 11.8 Å². The van der Waals surface area contributed by atoms with Gasteiger partial charge in [0.25, 0.3) is 11.8 Å². The summed E-state index contributed by atoms with van der Waals surface area (Å²) in [5.74, 6) is -1.30. The molecule has 2 amide bonds. The number of methoxy groups -OCH3 is 1. The second-order valence-corrected chi connectivity index (χ2v) is 11.9. The van der Waals surface area contributed by atoms with Crippen molar-refractivity contribution in [2.24, 2.45) is 0 Å². The molecule has 0 heterocycles. The number of nitrogens with one attached hydrogen (secondary N) is 2. The second-order valence-electron chi connectivity index (χ2n) is 11.9. The molecule has 3 N–H and O–H groups in total. The van der Waals surface area contributed by atoms with Gasteiger partial charge in [0.05, 0.1) is 19.3 Å². The van der Waals surface area contributed by atoms with E-state index in [1.807, 2.05) is 39.0 Å². The summed E-state index contributed by atoms with van der Waals surface area (Å²) in [5, 5.41) is 17.8. The summed E-state index contributed by atoms with van der Waals surface area (Å²) < 4.78 is 33.5. The monoisotopic (exact) mass is 621 g/mol. The molecule has 3 atom stereocenters. The predicted molar refractivity (Wildman–Crippen MR) is 172 cm³/mol. The zero-order valence-corrected chi connectivity index (χ0v) is 26.7. The van der Waals surface area contributed by atoms with E-state index in [1.165, 1.54) is 17.7 Å². The Balaban J connectivity index is 1.55. The van der Waals surface area contributed by atoms with Crippen LogP contribution >= 0.6 is 0 Å². The van der Waals surface area contributed by atoms with Gasteiger partial charge in [-0.2, -0.15) is 0 Å². The molecule has 0 saturated heterocycles. The number of ether oxygens (including phenoxy) is 1. The van der Waals surface area contributed by atoms with E-state index in [9.17, 15) is 23.5 Å². The first-order chi connectivity index (χ1) is 21.6. The van der Waals surface area contributed by atoms with Crippen molar-refractivity contribution in [2.75, 3.05) is 26.7 Å². The molecule has 3 unspecified atom stereocenters. The molecule has 1 aliphatic carbocycles. The minimum atomic E-state index is -1.08. The fourth-order valence-corrected chi connectivity index (χ4v) is 6.13. The Morgan fingerprint density at radius 2 is 1.69 bits per heavy atom. The van der Waals surface area contributed by atoms with Crippen LogP contribution in [0.4, 0.5) is 8.78 Å². The lowest BCUT2D eigenvalue weighted by molar-refractivity contribution is 0.0755. The highest BCUT2D eigenvalue weighted by Crippen LogP contribution is 2.32. The number of halogens is 2. The van der Waals surface area contributed by atoms with E-state index in [0.29, 0.717) is 24.2 Å². The molecule has 0 spiro atoms. The van der Waals surface area contributed by atoms with Gasteiger partial charge in [0.2, 0.25) is 0 Å². The third kappa shape index (κ3) is 9.11. The van der Waals surface area contributed by atoms with Crippen LogP contribution in [0.3, 0.4) is 0 Å². The molecule has 242 valence electrons. The van der Waals surface area contributed by atoms with Crippen molar-refractivity contribution in [3.8, 4) is 5.75 Å². The number of aliphatic hydroxyl groups is 1. The average Bonchev–Trinajstić information content (AvgIpc) is 3.01. The minimum Gasteiger partial charge on any atom is -0.497 e. The normalized spacial score (nSPS) is 15.6. The van der Waals surface area contributed by atoms with E-state index in [0.717, 1.165) is 55.0 Å². The summed E-state index contributed by atoms with van der Waals surface area (Å²) in [7, 11) is 1.64. The maximum absolute atomic E-state index is 14.1. The van der Waals surface area contributed by atoms with Crippen LogP contribution in [-0.4, -0.2) is 60.7 Å². The van der Waals surface area contributed by atoms with Gasteiger partial charge in [-0.1, -0.05) is 19.9 Å². The highest BCUT2D eigenvalue weighted by Gasteiger charge is 2.27. The number of aliphatic hydroxyl groups excluding tert-OH is 1. The fourth-order valence-electron chi connectivity index (χ4n) is 6.13. The molecule has 45 heavy (non-hydrogen) atoms. The van der Waals surface area contributed by atoms with Crippen LogP contribution in [0.2, 0.25) is 0 Å². The Hall–Kier alpha value is -3.82. The first-order valence-electron chi connectivity index (χ1n) is 15.9. The lowest BCUT2D eigenvalue weighted by Gasteiger charge is -2.30. The molecule has 0 fully saturated rings. The van der Waals surface area contributed by atoms with Gasteiger partial charge in [-0.15, -0.1) is 0 Å². The number of rotatable bonds is 14. The Kier molecular flexibility index (Phi) is 12.1. The van der Waals surface area contributed by atoms with Crippen LogP contribution in [0.1, 0.15) is 88.5 Å². The van der Waals surface area contributed by atoms with Crippen molar-refractivity contribution < 1.29 is 28.2 Å². The number of benzene rings is 3. The number of fused-ring (bicyclic) bond motifs is 1. The molecular weight excluding hydrogens is 576 g/mol. The van der Waals surface area contributed by atoms with Crippen molar-refractivity contribution in [1.29, 1.82) is 0 Å². The van der Waals surface area contributed by atoms with Crippen LogP contribution in [0, 0.1) is 18.6 Å². The van der Waals surface area contributed by atoms with Gasteiger partial charge in [0.15, 0.2) is 0 Å². The molecule has 0 radical (unpaired) electrons. The van der Waals surface area contributed by atoms with Gasteiger partial charge in [-0.3, -0.25) is 9.59 Å². The van der Waals surface area contributed by atoms with E-state index in [2.05, 4.69) is 10.6 Å². The largest absolute Gasteiger partial charge is 0.497 e. The maximum Gasteiger partial charge on any atom is 0.253 e. The third-order valence-corrected chi connectivity index (χ3v) is 8.26. The topological polar surface area (TPSA) is 90.9 Å². The highest BCUT2D eigenvalue weighted by atomic mass is 19.1. The molecule has 0 aromatic heterocycles. The zero-order valence-electron chi connectivity index (χ0n) is 26.7. The summed E-state index contributed by atoms with van der Waals surface area (Å²) in [6.45, 7) is 7.22. The molecule has 7 nitrogen and oxygen atoms in total. The van der Waals surface area contributed by atoms with Gasteiger partial charge in [-0.25, -0.2) is 8.78 Å². The van der Waals surface area contributed by atoms with Crippen LogP contribution in [-0.2, 0) is 12.8 Å². The maximum atomic E-state index is 14.1. The number of aryl methyl sites for hydroxylation is 2. The second kappa shape index (κ2) is 16.0. The summed E-state index contributed by atoms with van der Waals surface area (Å²) >= 11 is 0. The Morgan fingerprint density at radius 3 is 2.36 bits per heavy atom. The number of nitrogens with zero attached hydrogens (tertiary/aromatic N) is 1. The van der Waals surface area contributed by atoms with Crippen LogP contribution < -0.4 is 15.4 Å². The molecule has 3 aromatic carbocycles. The van der Waals surface area contributed by atoms with Gasteiger partial charge >= 0.3 is 0 Å². The number of amides is 2. The van der Waals surface area contributed by atoms with Gasteiger partial charge < -0.3 is 25.4 Å². The van der Waals surface area contributed by atoms with Crippen LogP contribution in [0.25, 0.3) is 0 Å². The summed E-state index contributed by atoms with van der Waals surface area (Å²) in [6.07, 6.45) is 3.34. The lowest BCUT2D eigenvalue weighted by Crippen LogP contribution is -2.49. The first-order valence-corrected chi connectivity index (χ1v) is 15.9. The van der Waals surface area contributed by atoms with E-state index >= 15 is 0 Å². The lowest BCUT2D eigenvalue weighted by atomic mass is 9.87. The summed E-state index contributed by atoms with van der Waals surface area (Å²) in [5.41, 5.74) is 4.07. The Bertz CT molecular complexity index is 1450.